The maximum Gasteiger partial charge on any atom is 0.253 e. The van der Waals surface area contributed by atoms with Crippen molar-refractivity contribution in [3.63, 3.8) is 0 Å². The van der Waals surface area contributed by atoms with Crippen LogP contribution in [0.25, 0.3) is 6.08 Å². The van der Waals surface area contributed by atoms with Crippen molar-refractivity contribution in [3.05, 3.63) is 71.8 Å². The molecule has 25 heavy (non-hydrogen) atoms. The highest BCUT2D eigenvalue weighted by Gasteiger charge is 2.08. The van der Waals surface area contributed by atoms with Gasteiger partial charge in [0.1, 0.15) is 0 Å². The summed E-state index contributed by atoms with van der Waals surface area (Å²) in [5, 5.41) is 2.84. The zero-order valence-corrected chi connectivity index (χ0v) is 15.3. The lowest BCUT2D eigenvalue weighted by Gasteiger charge is -2.10. The molecule has 0 saturated carbocycles. The summed E-state index contributed by atoms with van der Waals surface area (Å²) in [4.78, 5) is 25.3. The Morgan fingerprint density at radius 1 is 1.04 bits per heavy atom. The minimum absolute atomic E-state index is 0.0511. The van der Waals surface area contributed by atoms with Gasteiger partial charge in [0.25, 0.3) is 5.91 Å². The van der Waals surface area contributed by atoms with E-state index in [1.54, 1.807) is 50.1 Å². The molecular formula is C20H22N2O2S. The van der Waals surface area contributed by atoms with Gasteiger partial charge < -0.3 is 10.2 Å². The fraction of sp³-hybridized carbons (Fsp3) is 0.200. The number of anilines is 1. The van der Waals surface area contributed by atoms with Gasteiger partial charge in [-0.2, -0.15) is 0 Å². The quantitative estimate of drug-likeness (QED) is 0.770. The molecule has 0 aliphatic carbocycles. The van der Waals surface area contributed by atoms with E-state index in [2.05, 4.69) is 11.4 Å². The van der Waals surface area contributed by atoms with E-state index in [0.717, 1.165) is 11.3 Å². The third kappa shape index (κ3) is 6.47. The van der Waals surface area contributed by atoms with Crippen molar-refractivity contribution in [2.75, 3.05) is 30.9 Å². The summed E-state index contributed by atoms with van der Waals surface area (Å²) in [6, 6.07) is 17.0. The van der Waals surface area contributed by atoms with E-state index < -0.39 is 0 Å². The molecule has 0 aliphatic heterocycles. The van der Waals surface area contributed by atoms with Crippen LogP contribution in [-0.4, -0.2) is 42.3 Å². The molecule has 2 aromatic rings. The van der Waals surface area contributed by atoms with Crippen molar-refractivity contribution < 1.29 is 9.59 Å². The molecule has 0 spiro atoms. The van der Waals surface area contributed by atoms with Crippen LogP contribution >= 0.6 is 11.8 Å². The van der Waals surface area contributed by atoms with Crippen molar-refractivity contribution in [1.29, 1.82) is 0 Å². The van der Waals surface area contributed by atoms with Crippen LogP contribution in [0.15, 0.2) is 60.7 Å². The zero-order chi connectivity index (χ0) is 18.1. The number of nitrogens with zero attached hydrogens (tertiary/aromatic N) is 1. The van der Waals surface area contributed by atoms with Crippen LogP contribution in [0.2, 0.25) is 0 Å². The van der Waals surface area contributed by atoms with Crippen LogP contribution in [0, 0.1) is 0 Å². The van der Waals surface area contributed by atoms with Gasteiger partial charge in [0.05, 0.1) is 5.75 Å². The summed E-state index contributed by atoms with van der Waals surface area (Å²) in [6.07, 6.45) is 4.10. The molecule has 0 saturated heterocycles. The number of hydrogen-bond acceptors (Lipinski definition) is 3. The van der Waals surface area contributed by atoms with Crippen LogP contribution in [0.1, 0.15) is 15.9 Å². The lowest BCUT2D eigenvalue weighted by molar-refractivity contribution is -0.113. The predicted octanol–water partition coefficient (Wildman–Crippen LogP) is 3.77. The largest absolute Gasteiger partial charge is 0.345 e. The second-order valence-electron chi connectivity index (χ2n) is 5.65. The number of carbonyl (C=O) groups excluding carboxylic acids is 2. The molecule has 0 fully saturated rings. The molecule has 4 nitrogen and oxygen atoms in total. The van der Waals surface area contributed by atoms with Crippen LogP contribution in [-0.2, 0) is 4.79 Å². The Hall–Kier alpha value is -2.53. The van der Waals surface area contributed by atoms with E-state index in [0.29, 0.717) is 17.0 Å². The highest BCUT2D eigenvalue weighted by atomic mass is 32.2. The number of amides is 2. The molecule has 1 N–H and O–H groups in total. The van der Waals surface area contributed by atoms with Crippen molar-refractivity contribution in [1.82, 2.24) is 4.90 Å². The molecule has 2 aromatic carbocycles. The number of thioether (sulfide) groups is 1. The summed E-state index contributed by atoms with van der Waals surface area (Å²) in [5.41, 5.74) is 2.45. The number of benzene rings is 2. The SMILES string of the molecule is CN(C)C(=O)c1ccc(NC(=O)CSC/C=C/c2ccccc2)cc1. The maximum atomic E-state index is 11.9. The van der Waals surface area contributed by atoms with Gasteiger partial charge in [0.15, 0.2) is 0 Å². The lowest BCUT2D eigenvalue weighted by Crippen LogP contribution is -2.21. The van der Waals surface area contributed by atoms with E-state index in [1.807, 2.05) is 36.4 Å². The molecule has 0 unspecified atom stereocenters. The molecule has 0 aliphatic rings. The smallest absolute Gasteiger partial charge is 0.253 e. The third-order valence-electron chi connectivity index (χ3n) is 3.38. The molecule has 2 amide bonds. The first kappa shape index (κ1) is 18.8. The number of carbonyl (C=O) groups is 2. The van der Waals surface area contributed by atoms with Gasteiger partial charge in [-0.05, 0) is 29.8 Å². The first-order valence-electron chi connectivity index (χ1n) is 7.97. The predicted molar refractivity (Wildman–Crippen MR) is 106 cm³/mol. The monoisotopic (exact) mass is 354 g/mol. The lowest BCUT2D eigenvalue weighted by atomic mass is 10.2. The topological polar surface area (TPSA) is 49.4 Å². The molecule has 0 radical (unpaired) electrons. The highest BCUT2D eigenvalue weighted by molar-refractivity contribution is 8.00. The van der Waals surface area contributed by atoms with Gasteiger partial charge in [-0.1, -0.05) is 42.5 Å². The average Bonchev–Trinajstić information content (AvgIpc) is 2.62. The van der Waals surface area contributed by atoms with Crippen LogP contribution < -0.4 is 5.32 Å². The summed E-state index contributed by atoms with van der Waals surface area (Å²) < 4.78 is 0. The fourth-order valence-corrected chi connectivity index (χ4v) is 2.73. The summed E-state index contributed by atoms with van der Waals surface area (Å²) in [7, 11) is 3.42. The number of hydrogen-bond donors (Lipinski definition) is 1. The summed E-state index contributed by atoms with van der Waals surface area (Å²) in [5.74, 6) is 1.05. The van der Waals surface area contributed by atoms with E-state index in [4.69, 9.17) is 0 Å². The summed E-state index contributed by atoms with van der Waals surface area (Å²) >= 11 is 1.55. The number of rotatable bonds is 7. The van der Waals surface area contributed by atoms with Gasteiger partial charge in [0.2, 0.25) is 5.91 Å². The Labute approximate surface area is 152 Å². The second-order valence-corrected chi connectivity index (χ2v) is 6.68. The molecule has 0 heterocycles. The molecule has 0 atom stereocenters. The fourth-order valence-electron chi connectivity index (χ4n) is 2.12. The summed E-state index contributed by atoms with van der Waals surface area (Å²) in [6.45, 7) is 0. The minimum Gasteiger partial charge on any atom is -0.345 e. The Balaban J connectivity index is 1.73. The van der Waals surface area contributed by atoms with Crippen LogP contribution in [0.3, 0.4) is 0 Å². The molecule has 2 rings (SSSR count). The van der Waals surface area contributed by atoms with Crippen molar-refractivity contribution in [2.24, 2.45) is 0 Å². The Bertz CT molecular complexity index is 725. The second kappa shape index (κ2) is 9.69. The van der Waals surface area contributed by atoms with Crippen LogP contribution in [0.4, 0.5) is 5.69 Å². The Morgan fingerprint density at radius 3 is 2.36 bits per heavy atom. The Kier molecular flexibility index (Phi) is 7.29. The van der Waals surface area contributed by atoms with Crippen molar-refractivity contribution >= 4 is 35.3 Å². The first-order chi connectivity index (χ1) is 12.1. The minimum atomic E-state index is -0.0568. The van der Waals surface area contributed by atoms with Gasteiger partial charge in [-0.25, -0.2) is 0 Å². The number of nitrogens with one attached hydrogen (secondary N) is 1. The van der Waals surface area contributed by atoms with Crippen LogP contribution in [0.5, 0.6) is 0 Å². The van der Waals surface area contributed by atoms with E-state index in [1.165, 1.54) is 4.90 Å². The van der Waals surface area contributed by atoms with E-state index in [9.17, 15) is 9.59 Å². The van der Waals surface area contributed by atoms with E-state index >= 15 is 0 Å². The normalized spacial score (nSPS) is 10.6. The van der Waals surface area contributed by atoms with Gasteiger partial charge >= 0.3 is 0 Å². The standard InChI is InChI=1S/C20H22N2O2S/c1-22(2)20(24)17-10-12-18(13-11-17)21-19(23)15-25-14-6-9-16-7-4-3-5-8-16/h3-13H,14-15H2,1-2H3,(H,21,23)/b9-6+. The average molecular weight is 354 g/mol. The van der Waals surface area contributed by atoms with Crippen molar-refractivity contribution in [2.45, 2.75) is 0 Å². The third-order valence-corrected chi connectivity index (χ3v) is 4.27. The first-order valence-corrected chi connectivity index (χ1v) is 9.12. The van der Waals surface area contributed by atoms with Gasteiger partial charge in [-0.3, -0.25) is 9.59 Å². The van der Waals surface area contributed by atoms with Crippen molar-refractivity contribution in [3.8, 4) is 0 Å². The zero-order valence-electron chi connectivity index (χ0n) is 14.4. The maximum absolute atomic E-state index is 11.9. The Morgan fingerprint density at radius 2 is 1.72 bits per heavy atom. The van der Waals surface area contributed by atoms with Gasteiger partial charge in [-0.15, -0.1) is 11.8 Å². The molecular weight excluding hydrogens is 332 g/mol. The molecule has 0 aromatic heterocycles. The highest BCUT2D eigenvalue weighted by Crippen LogP contribution is 2.12. The van der Waals surface area contributed by atoms with E-state index in [-0.39, 0.29) is 11.8 Å². The molecule has 130 valence electrons. The van der Waals surface area contributed by atoms with Gasteiger partial charge in [0, 0.05) is 31.1 Å². The molecule has 5 heteroatoms. The molecule has 0 bridgehead atoms.